The first kappa shape index (κ1) is 18.0. The van der Waals surface area contributed by atoms with Crippen molar-refractivity contribution in [1.82, 2.24) is 5.32 Å². The van der Waals surface area contributed by atoms with Crippen molar-refractivity contribution in [3.63, 3.8) is 0 Å². The molecule has 3 heteroatoms. The minimum Gasteiger partial charge on any atom is -0.496 e. The largest absolute Gasteiger partial charge is 0.496 e. The molecule has 0 fully saturated rings. The Bertz CT molecular complexity index is 449. The summed E-state index contributed by atoms with van der Waals surface area (Å²) < 4.78 is 11.6. The van der Waals surface area contributed by atoms with Crippen LogP contribution in [0.15, 0.2) is 12.1 Å². The van der Waals surface area contributed by atoms with Gasteiger partial charge in [-0.05, 0) is 58.7 Å². The number of nitrogens with one attached hydrogen (secondary N) is 1. The quantitative estimate of drug-likeness (QED) is 0.818. The van der Waals surface area contributed by atoms with Crippen molar-refractivity contribution in [2.75, 3.05) is 20.3 Å². The predicted molar refractivity (Wildman–Crippen MR) is 89.2 cm³/mol. The summed E-state index contributed by atoms with van der Waals surface area (Å²) >= 11 is 0. The molecule has 0 saturated carbocycles. The van der Waals surface area contributed by atoms with Crippen molar-refractivity contribution in [1.29, 1.82) is 0 Å². The van der Waals surface area contributed by atoms with Gasteiger partial charge in [-0.15, -0.1) is 0 Å². The van der Waals surface area contributed by atoms with Gasteiger partial charge in [-0.3, -0.25) is 0 Å². The van der Waals surface area contributed by atoms with E-state index in [9.17, 15) is 0 Å². The number of benzene rings is 1. The third-order valence-corrected chi connectivity index (χ3v) is 3.61. The van der Waals surface area contributed by atoms with E-state index in [-0.39, 0.29) is 11.6 Å². The first-order valence-electron chi connectivity index (χ1n) is 7.81. The minimum absolute atomic E-state index is 0.140. The van der Waals surface area contributed by atoms with Crippen molar-refractivity contribution in [3.05, 3.63) is 28.8 Å². The van der Waals surface area contributed by atoms with E-state index < -0.39 is 0 Å². The van der Waals surface area contributed by atoms with Gasteiger partial charge in [0.2, 0.25) is 0 Å². The van der Waals surface area contributed by atoms with Crippen LogP contribution in [0, 0.1) is 13.8 Å². The first-order valence-corrected chi connectivity index (χ1v) is 7.81. The molecule has 1 atom stereocenters. The smallest absolute Gasteiger partial charge is 0.126 e. The van der Waals surface area contributed by atoms with Crippen molar-refractivity contribution in [3.8, 4) is 5.75 Å². The normalized spacial score (nSPS) is 13.3. The molecule has 1 aromatic carbocycles. The van der Waals surface area contributed by atoms with Gasteiger partial charge in [0.1, 0.15) is 5.75 Å². The second kappa shape index (κ2) is 7.81. The van der Waals surface area contributed by atoms with E-state index in [0.29, 0.717) is 6.61 Å². The molecule has 0 radical (unpaired) electrons. The molecule has 0 aromatic heterocycles. The van der Waals surface area contributed by atoms with Gasteiger partial charge in [0.25, 0.3) is 0 Å². The van der Waals surface area contributed by atoms with E-state index >= 15 is 0 Å². The molecule has 120 valence electrons. The average molecular weight is 293 g/mol. The molecule has 0 aliphatic heterocycles. The van der Waals surface area contributed by atoms with Crippen molar-refractivity contribution >= 4 is 0 Å². The summed E-state index contributed by atoms with van der Waals surface area (Å²) in [6, 6.07) is 4.46. The Hall–Kier alpha value is -1.06. The van der Waals surface area contributed by atoms with Gasteiger partial charge in [-0.1, -0.05) is 19.1 Å². The van der Waals surface area contributed by atoms with Crippen molar-refractivity contribution in [2.45, 2.75) is 59.6 Å². The lowest BCUT2D eigenvalue weighted by molar-refractivity contribution is -0.0150. The van der Waals surface area contributed by atoms with Crippen LogP contribution < -0.4 is 10.1 Å². The summed E-state index contributed by atoms with van der Waals surface area (Å²) in [5.74, 6) is 0.973. The highest BCUT2D eigenvalue weighted by Gasteiger charge is 2.21. The van der Waals surface area contributed by atoms with E-state index in [1.54, 1.807) is 7.11 Å². The van der Waals surface area contributed by atoms with Crippen LogP contribution >= 0.6 is 0 Å². The third kappa shape index (κ3) is 5.33. The van der Waals surface area contributed by atoms with Gasteiger partial charge >= 0.3 is 0 Å². The predicted octanol–water partition coefficient (Wildman–Crippen LogP) is 4.17. The van der Waals surface area contributed by atoms with E-state index in [2.05, 4.69) is 59.0 Å². The van der Waals surface area contributed by atoms with E-state index in [0.717, 1.165) is 18.7 Å². The van der Waals surface area contributed by atoms with E-state index in [1.165, 1.54) is 16.7 Å². The van der Waals surface area contributed by atoms with Crippen molar-refractivity contribution < 1.29 is 9.47 Å². The summed E-state index contributed by atoms with van der Waals surface area (Å²) in [6.07, 6.45) is 1.10. The molecule has 21 heavy (non-hydrogen) atoms. The van der Waals surface area contributed by atoms with Crippen LogP contribution in [0.25, 0.3) is 0 Å². The van der Waals surface area contributed by atoms with Gasteiger partial charge in [0.05, 0.1) is 25.4 Å². The molecule has 1 rings (SSSR count). The summed E-state index contributed by atoms with van der Waals surface area (Å²) in [4.78, 5) is 0. The first-order chi connectivity index (χ1) is 9.80. The van der Waals surface area contributed by atoms with Crippen LogP contribution in [-0.4, -0.2) is 25.9 Å². The topological polar surface area (TPSA) is 30.5 Å². The Labute approximate surface area is 130 Å². The van der Waals surface area contributed by atoms with Crippen LogP contribution in [0.1, 0.15) is 56.8 Å². The highest BCUT2D eigenvalue weighted by Crippen LogP contribution is 2.31. The Balaban J connectivity index is 3.04. The fraction of sp³-hybridized carbons (Fsp3) is 0.667. The number of ether oxygens (including phenoxy) is 2. The fourth-order valence-electron chi connectivity index (χ4n) is 2.27. The highest BCUT2D eigenvalue weighted by atomic mass is 16.5. The zero-order chi connectivity index (χ0) is 16.0. The van der Waals surface area contributed by atoms with Gasteiger partial charge in [0, 0.05) is 5.56 Å². The average Bonchev–Trinajstić information content (AvgIpc) is 2.41. The summed E-state index contributed by atoms with van der Waals surface area (Å²) in [7, 11) is 1.74. The second-order valence-electron chi connectivity index (χ2n) is 6.56. The van der Waals surface area contributed by atoms with Crippen LogP contribution in [0.2, 0.25) is 0 Å². The molecule has 0 amide bonds. The zero-order valence-corrected chi connectivity index (χ0v) is 14.7. The number of hydrogen-bond donors (Lipinski definition) is 1. The molecule has 0 aliphatic rings. The molecule has 1 unspecified atom stereocenters. The maximum Gasteiger partial charge on any atom is 0.126 e. The summed E-state index contributed by atoms with van der Waals surface area (Å²) in [6.45, 7) is 14.3. The summed E-state index contributed by atoms with van der Waals surface area (Å²) in [5, 5.41) is 3.57. The monoisotopic (exact) mass is 293 g/mol. The lowest BCUT2D eigenvalue weighted by atomic mass is 9.99. The van der Waals surface area contributed by atoms with Crippen LogP contribution in [0.4, 0.5) is 0 Å². The lowest BCUT2D eigenvalue weighted by Gasteiger charge is -2.27. The molecule has 0 aliphatic carbocycles. The van der Waals surface area contributed by atoms with Crippen LogP contribution in [0.3, 0.4) is 0 Å². The van der Waals surface area contributed by atoms with E-state index in [1.807, 2.05) is 0 Å². The van der Waals surface area contributed by atoms with Gasteiger partial charge in [0.15, 0.2) is 0 Å². The second-order valence-corrected chi connectivity index (χ2v) is 6.56. The Morgan fingerprint density at radius 3 is 2.38 bits per heavy atom. The van der Waals surface area contributed by atoms with Crippen LogP contribution in [-0.2, 0) is 4.74 Å². The SMILES string of the molecule is CCCNC(COC(C)(C)C)c1ccc(C)c(C)c1OC. The number of hydrogen-bond acceptors (Lipinski definition) is 3. The van der Waals surface area contributed by atoms with Crippen LogP contribution in [0.5, 0.6) is 5.75 Å². The summed E-state index contributed by atoms with van der Waals surface area (Å²) in [5.41, 5.74) is 3.49. The van der Waals surface area contributed by atoms with E-state index in [4.69, 9.17) is 9.47 Å². The molecular weight excluding hydrogens is 262 g/mol. The standard InChI is InChI=1S/C18H31NO2/c1-8-11-19-16(12-21-18(4,5)6)15-10-9-13(2)14(3)17(15)20-7/h9-10,16,19H,8,11-12H2,1-7H3. The molecular formula is C18H31NO2. The lowest BCUT2D eigenvalue weighted by Crippen LogP contribution is -2.31. The third-order valence-electron chi connectivity index (χ3n) is 3.61. The fourth-order valence-corrected chi connectivity index (χ4v) is 2.27. The zero-order valence-electron chi connectivity index (χ0n) is 14.7. The number of rotatable bonds is 7. The highest BCUT2D eigenvalue weighted by molar-refractivity contribution is 5.46. The van der Waals surface area contributed by atoms with Gasteiger partial charge in [-0.25, -0.2) is 0 Å². The van der Waals surface area contributed by atoms with Gasteiger partial charge < -0.3 is 14.8 Å². The maximum atomic E-state index is 5.99. The number of aryl methyl sites for hydroxylation is 1. The minimum atomic E-state index is -0.140. The number of methoxy groups -OCH3 is 1. The Morgan fingerprint density at radius 2 is 1.86 bits per heavy atom. The molecule has 0 saturated heterocycles. The molecule has 1 aromatic rings. The Kier molecular flexibility index (Phi) is 6.69. The molecule has 0 heterocycles. The maximum absolute atomic E-state index is 5.99. The molecule has 0 bridgehead atoms. The van der Waals surface area contributed by atoms with Crippen molar-refractivity contribution in [2.24, 2.45) is 0 Å². The van der Waals surface area contributed by atoms with Gasteiger partial charge in [-0.2, -0.15) is 0 Å². The molecule has 0 spiro atoms. The Morgan fingerprint density at radius 1 is 1.19 bits per heavy atom. The molecule has 1 N–H and O–H groups in total. The molecule has 3 nitrogen and oxygen atoms in total.